The Bertz CT molecular complexity index is 421. The Morgan fingerprint density at radius 1 is 1.24 bits per heavy atom. The van der Waals surface area contributed by atoms with E-state index in [0.29, 0.717) is 12.0 Å². The van der Waals surface area contributed by atoms with Gasteiger partial charge in [0.25, 0.3) is 0 Å². The molecular weight excluding hydrogens is 210 g/mol. The lowest BCUT2D eigenvalue weighted by molar-refractivity contribution is 0.0177. The average molecular weight is 229 g/mol. The molecule has 2 atom stereocenters. The number of fused-ring (bicyclic) bond motifs is 1. The predicted octanol–water partition coefficient (Wildman–Crippen LogP) is 2.52. The average Bonchev–Trinajstić information content (AvgIpc) is 2.83. The molecule has 0 bridgehead atoms. The molecule has 90 valence electrons. The van der Waals surface area contributed by atoms with Gasteiger partial charge in [0.05, 0.1) is 13.2 Å². The molecule has 0 amide bonds. The maximum Gasteiger partial charge on any atom is 0.0594 e. The van der Waals surface area contributed by atoms with Crippen molar-refractivity contribution in [1.29, 1.82) is 0 Å². The van der Waals surface area contributed by atoms with Gasteiger partial charge in [0.1, 0.15) is 0 Å². The lowest BCUT2D eigenvalue weighted by Gasteiger charge is -2.35. The van der Waals surface area contributed by atoms with Crippen LogP contribution in [0.5, 0.6) is 0 Å². The molecular formula is C15H19NO. The minimum atomic E-state index is 0.546. The Morgan fingerprint density at radius 2 is 2.00 bits per heavy atom. The first-order valence-electron chi connectivity index (χ1n) is 6.45. The summed E-state index contributed by atoms with van der Waals surface area (Å²) >= 11 is 0. The van der Waals surface area contributed by atoms with Crippen LogP contribution in [0.2, 0.25) is 0 Å². The van der Waals surface area contributed by atoms with Gasteiger partial charge in [-0.2, -0.15) is 0 Å². The summed E-state index contributed by atoms with van der Waals surface area (Å²) in [7, 11) is 0. The molecule has 1 aromatic rings. The Morgan fingerprint density at radius 3 is 2.82 bits per heavy atom. The molecule has 1 aliphatic heterocycles. The van der Waals surface area contributed by atoms with Gasteiger partial charge in [-0.05, 0) is 18.1 Å². The SMILES string of the molecule is CC(C1C=Cc2ccccc21)N1CCOCC1. The van der Waals surface area contributed by atoms with Crippen LogP contribution in [0.15, 0.2) is 30.3 Å². The monoisotopic (exact) mass is 229 g/mol. The molecule has 0 N–H and O–H groups in total. The number of hydrogen-bond donors (Lipinski definition) is 0. The summed E-state index contributed by atoms with van der Waals surface area (Å²) in [5, 5.41) is 0. The summed E-state index contributed by atoms with van der Waals surface area (Å²) < 4.78 is 5.42. The molecule has 17 heavy (non-hydrogen) atoms. The minimum Gasteiger partial charge on any atom is -0.379 e. The normalized spacial score (nSPS) is 25.8. The first-order chi connectivity index (χ1) is 8.36. The maximum absolute atomic E-state index is 5.42. The van der Waals surface area contributed by atoms with Gasteiger partial charge >= 0.3 is 0 Å². The molecule has 2 heteroatoms. The quantitative estimate of drug-likeness (QED) is 0.772. The van der Waals surface area contributed by atoms with Crippen molar-refractivity contribution in [3.05, 3.63) is 41.5 Å². The largest absolute Gasteiger partial charge is 0.379 e. The predicted molar refractivity (Wildman–Crippen MR) is 70.1 cm³/mol. The van der Waals surface area contributed by atoms with Crippen molar-refractivity contribution in [3.8, 4) is 0 Å². The second-order valence-electron chi connectivity index (χ2n) is 4.90. The van der Waals surface area contributed by atoms with Crippen molar-refractivity contribution in [2.75, 3.05) is 26.3 Å². The minimum absolute atomic E-state index is 0.546. The first kappa shape index (κ1) is 11.0. The lowest BCUT2D eigenvalue weighted by Crippen LogP contribution is -2.44. The molecule has 1 saturated heterocycles. The highest BCUT2D eigenvalue weighted by Crippen LogP contribution is 2.34. The molecule has 1 aliphatic carbocycles. The Labute approximate surface area is 103 Å². The van der Waals surface area contributed by atoms with Crippen molar-refractivity contribution in [2.24, 2.45) is 0 Å². The van der Waals surface area contributed by atoms with E-state index in [1.54, 1.807) is 0 Å². The van der Waals surface area contributed by atoms with Crippen molar-refractivity contribution in [3.63, 3.8) is 0 Å². The van der Waals surface area contributed by atoms with E-state index in [0.717, 1.165) is 26.3 Å². The molecule has 1 fully saturated rings. The summed E-state index contributed by atoms with van der Waals surface area (Å²) in [6.07, 6.45) is 4.61. The van der Waals surface area contributed by atoms with E-state index >= 15 is 0 Å². The van der Waals surface area contributed by atoms with Crippen LogP contribution in [0.3, 0.4) is 0 Å². The van der Waals surface area contributed by atoms with Gasteiger partial charge in [-0.25, -0.2) is 0 Å². The van der Waals surface area contributed by atoms with E-state index in [4.69, 9.17) is 4.74 Å². The van der Waals surface area contributed by atoms with Gasteiger partial charge in [0.2, 0.25) is 0 Å². The van der Waals surface area contributed by atoms with Crippen LogP contribution in [0.1, 0.15) is 24.0 Å². The van der Waals surface area contributed by atoms with E-state index in [9.17, 15) is 0 Å². The molecule has 0 radical (unpaired) electrons. The standard InChI is InChI=1S/C15H19NO/c1-12(16-8-10-17-11-9-16)14-7-6-13-4-2-3-5-15(13)14/h2-7,12,14H,8-11H2,1H3. The van der Waals surface area contributed by atoms with Gasteiger partial charge < -0.3 is 4.74 Å². The van der Waals surface area contributed by atoms with Crippen molar-refractivity contribution < 1.29 is 4.74 Å². The fourth-order valence-electron chi connectivity index (χ4n) is 2.91. The summed E-state index contributed by atoms with van der Waals surface area (Å²) in [5.41, 5.74) is 2.86. The van der Waals surface area contributed by atoms with Gasteiger partial charge in [0, 0.05) is 25.0 Å². The number of morpholine rings is 1. The number of rotatable bonds is 2. The van der Waals surface area contributed by atoms with E-state index in [-0.39, 0.29) is 0 Å². The van der Waals surface area contributed by atoms with E-state index in [1.807, 2.05) is 0 Å². The van der Waals surface area contributed by atoms with Crippen LogP contribution >= 0.6 is 0 Å². The first-order valence-corrected chi connectivity index (χ1v) is 6.45. The second kappa shape index (κ2) is 4.63. The Balaban J connectivity index is 1.79. The number of ether oxygens (including phenoxy) is 1. The molecule has 3 rings (SSSR count). The zero-order chi connectivity index (χ0) is 11.7. The van der Waals surface area contributed by atoms with Crippen LogP contribution in [0.4, 0.5) is 0 Å². The maximum atomic E-state index is 5.42. The summed E-state index contributed by atoms with van der Waals surface area (Å²) in [4.78, 5) is 2.54. The molecule has 0 spiro atoms. The van der Waals surface area contributed by atoms with Crippen molar-refractivity contribution >= 4 is 6.08 Å². The van der Waals surface area contributed by atoms with E-state index < -0.39 is 0 Å². The van der Waals surface area contributed by atoms with Crippen molar-refractivity contribution in [1.82, 2.24) is 4.90 Å². The van der Waals surface area contributed by atoms with Crippen LogP contribution in [0.25, 0.3) is 6.08 Å². The third-order valence-electron chi connectivity index (χ3n) is 3.98. The number of benzene rings is 1. The summed E-state index contributed by atoms with van der Waals surface area (Å²) in [5.74, 6) is 0.546. The third kappa shape index (κ3) is 2.03. The third-order valence-corrected chi connectivity index (χ3v) is 3.98. The van der Waals surface area contributed by atoms with E-state index in [2.05, 4.69) is 48.2 Å². The molecule has 1 heterocycles. The zero-order valence-corrected chi connectivity index (χ0v) is 10.3. The van der Waals surface area contributed by atoms with Gasteiger partial charge in [-0.15, -0.1) is 0 Å². The van der Waals surface area contributed by atoms with E-state index in [1.165, 1.54) is 11.1 Å². The number of hydrogen-bond acceptors (Lipinski definition) is 2. The van der Waals surface area contributed by atoms with Gasteiger partial charge in [-0.1, -0.05) is 36.4 Å². The smallest absolute Gasteiger partial charge is 0.0594 e. The lowest BCUT2D eigenvalue weighted by atomic mass is 9.93. The zero-order valence-electron chi connectivity index (χ0n) is 10.3. The molecule has 2 nitrogen and oxygen atoms in total. The Hall–Kier alpha value is -1.12. The van der Waals surface area contributed by atoms with Crippen molar-refractivity contribution in [2.45, 2.75) is 18.9 Å². The van der Waals surface area contributed by atoms with Crippen LogP contribution in [-0.2, 0) is 4.74 Å². The van der Waals surface area contributed by atoms with Crippen LogP contribution < -0.4 is 0 Å². The molecule has 2 aliphatic rings. The second-order valence-corrected chi connectivity index (χ2v) is 4.90. The highest BCUT2D eigenvalue weighted by atomic mass is 16.5. The molecule has 2 unspecified atom stereocenters. The molecule has 0 aromatic heterocycles. The molecule has 0 saturated carbocycles. The summed E-state index contributed by atoms with van der Waals surface area (Å²) in [6, 6.07) is 9.30. The topological polar surface area (TPSA) is 12.5 Å². The number of nitrogens with zero attached hydrogens (tertiary/aromatic N) is 1. The van der Waals surface area contributed by atoms with Gasteiger partial charge in [0.15, 0.2) is 0 Å². The Kier molecular flexibility index (Phi) is 3.00. The fourth-order valence-corrected chi connectivity index (χ4v) is 2.91. The highest BCUT2D eigenvalue weighted by Gasteiger charge is 2.27. The highest BCUT2D eigenvalue weighted by molar-refractivity contribution is 5.62. The van der Waals surface area contributed by atoms with Gasteiger partial charge in [-0.3, -0.25) is 4.90 Å². The molecule has 1 aromatic carbocycles. The summed E-state index contributed by atoms with van der Waals surface area (Å²) in [6.45, 7) is 6.22. The fraction of sp³-hybridized carbons (Fsp3) is 0.467. The van der Waals surface area contributed by atoms with Crippen LogP contribution in [-0.4, -0.2) is 37.2 Å². The van der Waals surface area contributed by atoms with Crippen LogP contribution in [0, 0.1) is 0 Å².